The maximum Gasteiger partial charge on any atom is 0.325 e. The Labute approximate surface area is 87.2 Å². The summed E-state index contributed by atoms with van der Waals surface area (Å²) < 4.78 is 28.8. The summed E-state index contributed by atoms with van der Waals surface area (Å²) in [6, 6.07) is -0.462. The molecule has 0 saturated heterocycles. The van der Waals surface area contributed by atoms with Gasteiger partial charge in [-0.1, -0.05) is 0 Å². The molecule has 0 spiro atoms. The lowest BCUT2D eigenvalue weighted by Crippen LogP contribution is -2.44. The van der Waals surface area contributed by atoms with E-state index in [0.717, 1.165) is 4.90 Å². The van der Waals surface area contributed by atoms with Crippen LogP contribution in [0.5, 0.6) is 0 Å². The van der Waals surface area contributed by atoms with Crippen molar-refractivity contribution in [3.63, 3.8) is 0 Å². The van der Waals surface area contributed by atoms with E-state index in [1.54, 1.807) is 20.8 Å². The Morgan fingerprint density at radius 1 is 1.33 bits per heavy atom. The third-order valence-electron chi connectivity index (χ3n) is 1.70. The summed E-state index contributed by atoms with van der Waals surface area (Å²) >= 11 is 0. The largest absolute Gasteiger partial charge is 0.465 e. The summed E-state index contributed by atoms with van der Waals surface area (Å²) in [5.74, 6) is -2.03. The minimum absolute atomic E-state index is 0.160. The first-order valence-corrected chi connectivity index (χ1v) is 4.64. The summed E-state index contributed by atoms with van der Waals surface area (Å²) in [7, 11) is 0. The summed E-state index contributed by atoms with van der Waals surface area (Å²) in [4.78, 5) is 22.8. The summed E-state index contributed by atoms with van der Waals surface area (Å²) in [5, 5.41) is 0. The standard InChI is InChI=1S/C9H15F2NO3/c1-4-15-7(13)5-12(6(2)3)9(14)8(10)11/h6,8H,4-5H2,1-3H3. The number of halogens is 2. The molecule has 88 valence electrons. The molecule has 0 heterocycles. The van der Waals surface area contributed by atoms with Gasteiger partial charge in [-0.3, -0.25) is 9.59 Å². The molecule has 4 nitrogen and oxygen atoms in total. The van der Waals surface area contributed by atoms with Gasteiger partial charge in [0.2, 0.25) is 0 Å². The molecule has 0 bridgehead atoms. The number of esters is 1. The maximum absolute atomic E-state index is 12.1. The first kappa shape index (κ1) is 13.8. The highest BCUT2D eigenvalue weighted by atomic mass is 19.3. The SMILES string of the molecule is CCOC(=O)CN(C(=O)C(F)F)C(C)C. The van der Waals surface area contributed by atoms with Crippen molar-refractivity contribution in [1.82, 2.24) is 4.90 Å². The van der Waals surface area contributed by atoms with Gasteiger partial charge in [0.15, 0.2) is 0 Å². The first-order chi connectivity index (χ1) is 6.90. The second kappa shape index (κ2) is 6.31. The molecule has 0 aliphatic carbocycles. The molecule has 6 heteroatoms. The van der Waals surface area contributed by atoms with Crippen LogP contribution >= 0.6 is 0 Å². The second-order valence-electron chi connectivity index (χ2n) is 3.17. The average Bonchev–Trinajstić information content (AvgIpc) is 2.13. The molecule has 0 unspecified atom stereocenters. The van der Waals surface area contributed by atoms with Crippen molar-refractivity contribution in [1.29, 1.82) is 0 Å². The smallest absolute Gasteiger partial charge is 0.325 e. The Morgan fingerprint density at radius 3 is 2.20 bits per heavy atom. The number of amides is 1. The monoisotopic (exact) mass is 223 g/mol. The van der Waals surface area contributed by atoms with Gasteiger partial charge in [-0.25, -0.2) is 0 Å². The van der Waals surface area contributed by atoms with Gasteiger partial charge < -0.3 is 9.64 Å². The van der Waals surface area contributed by atoms with Crippen molar-refractivity contribution in [3.05, 3.63) is 0 Å². The van der Waals surface area contributed by atoms with Crippen molar-refractivity contribution in [3.8, 4) is 0 Å². The third kappa shape index (κ3) is 4.71. The molecule has 0 aromatic carbocycles. The Morgan fingerprint density at radius 2 is 1.87 bits per heavy atom. The molecule has 0 aliphatic rings. The van der Waals surface area contributed by atoms with E-state index in [0.29, 0.717) is 0 Å². The van der Waals surface area contributed by atoms with E-state index < -0.39 is 30.9 Å². The van der Waals surface area contributed by atoms with Crippen LogP contribution in [0.3, 0.4) is 0 Å². The molecule has 0 N–H and O–H groups in total. The molecule has 0 aromatic heterocycles. The van der Waals surface area contributed by atoms with Crippen molar-refractivity contribution in [2.45, 2.75) is 33.2 Å². The molecule has 0 aromatic rings. The zero-order valence-electron chi connectivity index (χ0n) is 9.00. The predicted octanol–water partition coefficient (Wildman–Crippen LogP) is 1.05. The zero-order chi connectivity index (χ0) is 12.0. The number of ether oxygens (including phenoxy) is 1. The van der Waals surface area contributed by atoms with Crippen LogP contribution in [0.2, 0.25) is 0 Å². The van der Waals surface area contributed by atoms with E-state index in [4.69, 9.17) is 0 Å². The van der Waals surface area contributed by atoms with E-state index >= 15 is 0 Å². The number of carbonyl (C=O) groups is 2. The van der Waals surface area contributed by atoms with Crippen LogP contribution in [0.15, 0.2) is 0 Å². The molecular weight excluding hydrogens is 208 g/mol. The number of hydrogen-bond acceptors (Lipinski definition) is 3. The number of rotatable bonds is 5. The highest BCUT2D eigenvalue weighted by molar-refractivity contribution is 5.84. The molecule has 1 amide bonds. The number of nitrogens with zero attached hydrogens (tertiary/aromatic N) is 1. The molecule has 0 atom stereocenters. The minimum atomic E-state index is -3.10. The van der Waals surface area contributed by atoms with E-state index in [1.807, 2.05) is 0 Å². The Bertz CT molecular complexity index is 231. The quantitative estimate of drug-likeness (QED) is 0.654. The molecule has 0 radical (unpaired) electrons. The van der Waals surface area contributed by atoms with E-state index in [9.17, 15) is 18.4 Å². The minimum Gasteiger partial charge on any atom is -0.465 e. The van der Waals surface area contributed by atoms with E-state index in [2.05, 4.69) is 4.74 Å². The van der Waals surface area contributed by atoms with Crippen molar-refractivity contribution in [2.24, 2.45) is 0 Å². The molecule has 0 saturated carbocycles. The van der Waals surface area contributed by atoms with Crippen LogP contribution < -0.4 is 0 Å². The second-order valence-corrected chi connectivity index (χ2v) is 3.17. The van der Waals surface area contributed by atoms with Gasteiger partial charge in [0, 0.05) is 6.04 Å². The average molecular weight is 223 g/mol. The van der Waals surface area contributed by atoms with Gasteiger partial charge in [-0.2, -0.15) is 8.78 Å². The molecule has 0 rings (SSSR count). The number of hydrogen-bond donors (Lipinski definition) is 0. The zero-order valence-corrected chi connectivity index (χ0v) is 9.00. The number of carbonyl (C=O) groups excluding carboxylic acids is 2. The molecule has 15 heavy (non-hydrogen) atoms. The van der Waals surface area contributed by atoms with E-state index in [1.165, 1.54) is 0 Å². The van der Waals surface area contributed by atoms with E-state index in [-0.39, 0.29) is 6.61 Å². The maximum atomic E-state index is 12.1. The Kier molecular flexibility index (Phi) is 5.81. The van der Waals surface area contributed by atoms with Gasteiger partial charge in [-0.15, -0.1) is 0 Å². The highest BCUT2D eigenvalue weighted by Gasteiger charge is 2.27. The van der Waals surface area contributed by atoms with Gasteiger partial charge in [0.05, 0.1) is 6.61 Å². The summed E-state index contributed by atoms with van der Waals surface area (Å²) in [6.07, 6.45) is -3.10. The van der Waals surface area contributed by atoms with Crippen LogP contribution in [0.1, 0.15) is 20.8 Å². The van der Waals surface area contributed by atoms with Gasteiger partial charge in [0.1, 0.15) is 6.54 Å². The summed E-state index contributed by atoms with van der Waals surface area (Å²) in [6.45, 7) is 4.44. The fourth-order valence-corrected chi connectivity index (χ4v) is 0.986. The van der Waals surface area contributed by atoms with Crippen LogP contribution in [0.4, 0.5) is 8.78 Å². The summed E-state index contributed by atoms with van der Waals surface area (Å²) in [5.41, 5.74) is 0. The van der Waals surface area contributed by atoms with Crippen LogP contribution in [-0.2, 0) is 14.3 Å². The van der Waals surface area contributed by atoms with Crippen LogP contribution in [-0.4, -0.2) is 42.4 Å². The Balaban J connectivity index is 4.41. The lowest BCUT2D eigenvalue weighted by Gasteiger charge is -2.25. The molecule has 0 fully saturated rings. The van der Waals surface area contributed by atoms with Crippen LogP contribution in [0, 0.1) is 0 Å². The van der Waals surface area contributed by atoms with Gasteiger partial charge in [-0.05, 0) is 20.8 Å². The topological polar surface area (TPSA) is 46.6 Å². The van der Waals surface area contributed by atoms with Crippen molar-refractivity contribution < 1.29 is 23.1 Å². The van der Waals surface area contributed by atoms with Crippen LogP contribution in [0.25, 0.3) is 0 Å². The lowest BCUT2D eigenvalue weighted by molar-refractivity contribution is -0.154. The fourth-order valence-electron chi connectivity index (χ4n) is 0.986. The normalized spacial score (nSPS) is 10.6. The van der Waals surface area contributed by atoms with Gasteiger partial charge >= 0.3 is 12.4 Å². The fraction of sp³-hybridized carbons (Fsp3) is 0.778. The molecule has 0 aliphatic heterocycles. The highest BCUT2D eigenvalue weighted by Crippen LogP contribution is 2.06. The molecular formula is C9H15F2NO3. The van der Waals surface area contributed by atoms with Crippen molar-refractivity contribution in [2.75, 3.05) is 13.2 Å². The lowest BCUT2D eigenvalue weighted by atomic mass is 10.3. The third-order valence-corrected chi connectivity index (χ3v) is 1.70. The Hall–Kier alpha value is -1.20. The first-order valence-electron chi connectivity index (χ1n) is 4.64. The van der Waals surface area contributed by atoms with Crippen molar-refractivity contribution >= 4 is 11.9 Å². The van der Waals surface area contributed by atoms with Gasteiger partial charge in [0.25, 0.3) is 5.91 Å². The predicted molar refractivity (Wildman–Crippen MR) is 49.5 cm³/mol. The number of alkyl halides is 2.